The van der Waals surface area contributed by atoms with Crippen LogP contribution >= 0.6 is 0 Å². The number of methoxy groups -OCH3 is 2. The highest BCUT2D eigenvalue weighted by Gasteiger charge is 2.30. The maximum Gasteiger partial charge on any atom is 0.271 e. The molecule has 4 aromatic carbocycles. The van der Waals surface area contributed by atoms with Crippen LogP contribution in [-0.2, 0) is 19.4 Å². The van der Waals surface area contributed by atoms with E-state index in [1.165, 1.54) is 86.8 Å². The minimum atomic E-state index is -0.450. The van der Waals surface area contributed by atoms with Crippen molar-refractivity contribution >= 4 is 120 Å². The molecule has 0 amide bonds. The third-order valence-corrected chi connectivity index (χ3v) is 22.8. The lowest BCUT2D eigenvalue weighted by Gasteiger charge is -2.30. The lowest BCUT2D eigenvalue weighted by molar-refractivity contribution is -0.385. The molecule has 5 aliphatic rings. The number of fused-ring (bicyclic) bond motifs is 5. The smallest absolute Gasteiger partial charge is 0.271 e. The first kappa shape index (κ1) is 85.1. The third-order valence-electron chi connectivity index (χ3n) is 22.8. The first-order chi connectivity index (χ1) is 58.6. The van der Waals surface area contributed by atoms with Crippen LogP contribution in [0, 0.1) is 26.1 Å². The molecule has 10 N–H and O–H groups in total. The van der Waals surface area contributed by atoms with Gasteiger partial charge in [0.1, 0.15) is 0 Å². The Kier molecular flexibility index (Phi) is 27.3. The van der Waals surface area contributed by atoms with Crippen molar-refractivity contribution in [2.24, 2.45) is 5.92 Å². The summed E-state index contributed by atoms with van der Waals surface area (Å²) < 4.78 is 19.1. The van der Waals surface area contributed by atoms with Crippen LogP contribution < -0.4 is 51.2 Å². The summed E-state index contributed by atoms with van der Waals surface area (Å²) >= 11 is 0. The maximum absolute atomic E-state index is 11.1. The second kappa shape index (κ2) is 38.8. The van der Waals surface area contributed by atoms with Crippen LogP contribution in [0.3, 0.4) is 0 Å². The van der Waals surface area contributed by atoms with E-state index in [4.69, 9.17) is 39.4 Å². The average Bonchev–Trinajstić information content (AvgIpc) is 1.64. The van der Waals surface area contributed by atoms with Crippen LogP contribution in [0.4, 0.5) is 75.5 Å². The van der Waals surface area contributed by atoms with Gasteiger partial charge in [-0.2, -0.15) is 39.9 Å². The van der Waals surface area contributed by atoms with E-state index in [1.54, 1.807) is 51.1 Å². The third kappa shape index (κ3) is 20.1. The summed E-state index contributed by atoms with van der Waals surface area (Å²) in [6.45, 7) is 17.3. The molecule has 17 rings (SSSR count). The maximum atomic E-state index is 11.1. The Morgan fingerprint density at radius 1 is 0.496 bits per heavy atom. The first-order valence-electron chi connectivity index (χ1n) is 42.1. The highest BCUT2D eigenvalue weighted by atomic mass is 16.6. The predicted molar refractivity (Wildman–Crippen MR) is 467 cm³/mol. The molecule has 3 aliphatic carbocycles. The molecule has 640 valence electrons. The van der Waals surface area contributed by atoms with Gasteiger partial charge in [-0.1, -0.05) is 70.7 Å². The fourth-order valence-electron chi connectivity index (χ4n) is 16.0. The van der Waals surface area contributed by atoms with Gasteiger partial charge in [-0.3, -0.25) is 20.2 Å². The quantitative estimate of drug-likeness (QED) is 0.0169. The van der Waals surface area contributed by atoms with Crippen LogP contribution in [-0.4, -0.2) is 186 Å². The van der Waals surface area contributed by atoms with Crippen molar-refractivity contribution < 1.29 is 39.7 Å². The van der Waals surface area contributed by atoms with Crippen molar-refractivity contribution in [2.45, 2.75) is 206 Å². The van der Waals surface area contributed by atoms with Gasteiger partial charge in [0, 0.05) is 98.2 Å². The van der Waals surface area contributed by atoms with E-state index < -0.39 is 9.85 Å². The molecule has 121 heavy (non-hydrogen) atoms. The first-order valence-corrected chi connectivity index (χ1v) is 42.1. The fourth-order valence-corrected chi connectivity index (χ4v) is 16.0. The zero-order valence-electron chi connectivity index (χ0n) is 70.0. The van der Waals surface area contributed by atoms with Gasteiger partial charge in [-0.25, -0.2) is 19.9 Å². The summed E-state index contributed by atoms with van der Waals surface area (Å²) in [7, 11) is 3.27. The molecule has 4 fully saturated rings. The summed E-state index contributed by atoms with van der Waals surface area (Å²) in [6.07, 6.45) is 24.1. The van der Waals surface area contributed by atoms with Crippen LogP contribution in [0.1, 0.15) is 179 Å². The number of aromatic nitrogens is 16. The molecule has 2 saturated heterocycles. The number of nitrogens with one attached hydrogen (secondary N) is 6. The molecule has 0 bridgehead atoms. The lowest BCUT2D eigenvalue weighted by Crippen LogP contribution is -2.39. The van der Waals surface area contributed by atoms with Crippen molar-refractivity contribution in [3.05, 3.63) is 147 Å². The summed E-state index contributed by atoms with van der Waals surface area (Å²) in [6, 6.07) is 25.7. The Hall–Kier alpha value is -12.3. The number of aliphatic hydroxyl groups excluding tert-OH is 4. The van der Waals surface area contributed by atoms with Crippen LogP contribution in [0.5, 0.6) is 11.5 Å². The van der Waals surface area contributed by atoms with E-state index in [2.05, 4.69) is 98.9 Å². The molecule has 36 heteroatoms. The van der Waals surface area contributed by atoms with Gasteiger partial charge in [0.2, 0.25) is 23.8 Å². The SMILES string of the molecule is CC(C)[C@H](CO)Nc1nc(Nc2cccc([N+](=O)[O-])c2)c2ncn(C(C)C)c2n1.CC[C@H](CO)Nc1nc(Nc2cccc([N+](=O)[O-])c2)c2ncn(C(C)C)c2n1.COc1ccc(CNc2nc(N3CCCC(O)C3)nc3c2ncn3C2CCCC2)cc1OC.OC1CCCN(c2nc(Nc3ccc4c(c3)CCC4)c3ncn(C4CCCC4)c3n2)C1. The highest BCUT2D eigenvalue weighted by Crippen LogP contribution is 2.39. The number of anilines is 11. The number of rotatable bonds is 27. The summed E-state index contributed by atoms with van der Waals surface area (Å²) in [5, 5.41) is 81.2. The van der Waals surface area contributed by atoms with E-state index in [-0.39, 0.29) is 66.9 Å². The number of hydrogen-bond acceptors (Lipinski definition) is 30. The van der Waals surface area contributed by atoms with Gasteiger partial charge >= 0.3 is 0 Å². The molecule has 0 radical (unpaired) electrons. The van der Waals surface area contributed by atoms with Gasteiger partial charge in [-0.15, -0.1) is 0 Å². The minimum Gasteiger partial charge on any atom is -0.493 e. The Morgan fingerprint density at radius 3 is 1.45 bits per heavy atom. The fraction of sp³-hybridized carbons (Fsp3) is 0.482. The van der Waals surface area contributed by atoms with Gasteiger partial charge < -0.3 is 89.9 Å². The molecule has 4 atom stereocenters. The molecule has 12 aromatic rings. The van der Waals surface area contributed by atoms with Gasteiger partial charge in [0.15, 0.2) is 79.4 Å². The number of aryl methyl sites for hydroxylation is 2. The molecular weight excluding hydrogens is 1550 g/mol. The molecular formula is C85H110N26O10. The number of aliphatic hydroxyl groups is 4. The number of nitro benzene ring substituents is 2. The molecule has 8 aromatic heterocycles. The molecule has 2 aliphatic heterocycles. The second-order valence-corrected chi connectivity index (χ2v) is 32.4. The Bertz CT molecular complexity index is 5560. The van der Waals surface area contributed by atoms with E-state index in [1.807, 2.05) is 88.5 Å². The van der Waals surface area contributed by atoms with E-state index in [0.717, 1.165) is 97.4 Å². The Balaban J connectivity index is 0.000000132. The monoisotopic (exact) mass is 1650 g/mol. The van der Waals surface area contributed by atoms with Crippen LogP contribution in [0.15, 0.2) is 110 Å². The largest absolute Gasteiger partial charge is 0.493 e. The van der Waals surface area contributed by atoms with E-state index in [0.29, 0.717) is 125 Å². The zero-order chi connectivity index (χ0) is 85.0. The van der Waals surface area contributed by atoms with Crippen molar-refractivity contribution in [2.75, 3.05) is 95.3 Å². The number of non-ortho nitro benzene ring substituents is 2. The zero-order valence-corrected chi connectivity index (χ0v) is 70.0. The number of β-amino-alcohol motifs (C(OH)–C–C–N with tert-alkyl or cyclic N) is 2. The Morgan fingerprint density at radius 2 is 0.975 bits per heavy atom. The summed E-state index contributed by atoms with van der Waals surface area (Å²) in [4.78, 5) is 81.5. The predicted octanol–water partition coefficient (Wildman–Crippen LogP) is 14.4. The number of benzene rings is 4. The highest BCUT2D eigenvalue weighted by molar-refractivity contribution is 5.90. The van der Waals surface area contributed by atoms with Crippen LogP contribution in [0.2, 0.25) is 0 Å². The molecule has 10 heterocycles. The lowest BCUT2D eigenvalue weighted by atomic mass is 10.1. The van der Waals surface area contributed by atoms with Crippen LogP contribution in [0.25, 0.3) is 44.7 Å². The summed E-state index contributed by atoms with van der Waals surface area (Å²) in [5.74, 6) is 5.93. The molecule has 36 nitrogen and oxygen atoms in total. The normalized spacial score (nSPS) is 16.7. The number of nitrogens with zero attached hydrogens (tertiary/aromatic N) is 20. The summed E-state index contributed by atoms with van der Waals surface area (Å²) in [5.41, 5.74) is 11.8. The van der Waals surface area contributed by atoms with Crippen molar-refractivity contribution in [3.8, 4) is 11.5 Å². The van der Waals surface area contributed by atoms with Crippen molar-refractivity contribution in [1.82, 2.24) is 78.1 Å². The Labute approximate surface area is 700 Å². The topological polar surface area (TPSA) is 439 Å². The number of hydrogen-bond donors (Lipinski definition) is 10. The van der Waals surface area contributed by atoms with Crippen molar-refractivity contribution in [3.63, 3.8) is 0 Å². The van der Waals surface area contributed by atoms with Gasteiger partial charge in [0.25, 0.3) is 11.4 Å². The molecule has 2 unspecified atom stereocenters. The number of nitro groups is 2. The second-order valence-electron chi connectivity index (χ2n) is 32.4. The van der Waals surface area contributed by atoms with E-state index >= 15 is 0 Å². The minimum absolute atomic E-state index is 0.0207. The molecule has 0 spiro atoms. The van der Waals surface area contributed by atoms with E-state index in [9.17, 15) is 40.7 Å². The number of ether oxygens (including phenoxy) is 2. The average molecular weight is 1660 g/mol. The van der Waals surface area contributed by atoms with Gasteiger partial charge in [-0.05, 0) is 164 Å². The number of piperidine rings is 2. The van der Waals surface area contributed by atoms with Crippen molar-refractivity contribution in [1.29, 1.82) is 0 Å². The standard InChI is InChI=1S/C24H32N6O3.C24H30N6O.C19H25N7O3.C18H23N7O3/c1-32-19-10-9-16(12-20(19)33-2)13-25-22-21-23(30(15-26-21)17-6-3-4-7-17)28-24(27-22)29-11-5-8-18(31)14-29;31-20-9-4-12-29(14-20)24-27-22(26-18-11-10-16-5-3-6-17(16)13-18)21-23(28-24)30(15-25-21)19-7-1-2-8-19;1-11(2)15(9-27)22-19-23-17(16-18(24-19)25(10-20-16)12(3)4)21-13-6-5-7-14(8-13)26(28)29;1-4-12(9-26)21-18-22-16(15-17(23-18)24(10-19-15)11(2)3)20-13-6-5-7-14(8-13)25(27)28/h9-10,12,15,17-18,31H,3-8,11,13-14H2,1-2H3,(H,25,27,28);10-11,13,15,19-20,31H,1-9,12,14H2,(H,26,27,28);5-8,10-12,15,27H,9H2,1-4H3,(H2,21,22,23,24);5-8,10-12,26H,4,9H2,1-3H3,(H2,20,21,22,23)/t;;15-;12-/m..01/s1. The van der Waals surface area contributed by atoms with Gasteiger partial charge in [0.05, 0.1) is 86.9 Å². The number of imidazole rings is 4. The molecule has 2 saturated carbocycles.